The van der Waals surface area contributed by atoms with Gasteiger partial charge in [-0.05, 0) is 42.9 Å². The van der Waals surface area contributed by atoms with Gasteiger partial charge in [0.05, 0.1) is 58.8 Å². The number of carboxylic acids is 1. The number of primary amides is 1. The number of amides is 7. The van der Waals surface area contributed by atoms with Crippen LogP contribution in [0, 0.1) is 17.8 Å². The Morgan fingerprint density at radius 1 is 0.582 bits per heavy atom. The molecule has 9 N–H and O–H groups in total. The van der Waals surface area contributed by atoms with Gasteiger partial charge in [-0.1, -0.05) is 53.7 Å². The fraction of sp³-hybridized carbons (Fsp3) is 0.667. The molecule has 67 heavy (non-hydrogen) atoms. The van der Waals surface area contributed by atoms with Gasteiger partial charge in [-0.15, -0.1) is 0 Å². The van der Waals surface area contributed by atoms with Crippen LogP contribution in [0.5, 0.6) is 0 Å². The summed E-state index contributed by atoms with van der Waals surface area (Å²) in [6.07, 6.45) is -0.228. The van der Waals surface area contributed by atoms with E-state index in [0.29, 0.717) is 44.2 Å². The molecular formula is C45H73N7O15. The molecule has 0 saturated heterocycles. The number of carbonyl (C=O) groups is 9. The highest BCUT2D eigenvalue weighted by molar-refractivity contribution is 5.99. The second-order valence-corrected chi connectivity index (χ2v) is 16.4. The van der Waals surface area contributed by atoms with Gasteiger partial charge in [-0.25, -0.2) is 4.79 Å². The molecule has 0 aromatic heterocycles. The molecule has 0 heterocycles. The second-order valence-electron chi connectivity index (χ2n) is 16.4. The van der Waals surface area contributed by atoms with Gasteiger partial charge in [0.1, 0.15) is 30.5 Å². The Morgan fingerprint density at radius 3 is 1.72 bits per heavy atom. The number of rotatable bonds is 37. The van der Waals surface area contributed by atoms with Crippen LogP contribution in [0.3, 0.4) is 0 Å². The molecule has 7 amide bonds. The Kier molecular flexibility index (Phi) is 30.6. The number of anilines is 1. The van der Waals surface area contributed by atoms with Crippen LogP contribution in [-0.4, -0.2) is 142 Å². The number of esters is 1. The lowest BCUT2D eigenvalue weighted by molar-refractivity contribution is -0.148. The van der Waals surface area contributed by atoms with Gasteiger partial charge in [0.25, 0.3) is 0 Å². The lowest BCUT2D eigenvalue weighted by Crippen LogP contribution is -2.58. The van der Waals surface area contributed by atoms with Crippen molar-refractivity contribution in [3.8, 4) is 0 Å². The molecule has 378 valence electrons. The molecule has 1 aromatic rings. The normalized spacial score (nSPS) is 12.4. The van der Waals surface area contributed by atoms with Gasteiger partial charge in [-0.2, -0.15) is 0 Å². The van der Waals surface area contributed by atoms with Gasteiger partial charge in [0.2, 0.25) is 29.5 Å². The lowest BCUT2D eigenvalue weighted by Gasteiger charge is -2.27. The lowest BCUT2D eigenvalue weighted by atomic mass is 10.0. The SMILES string of the molecule is CC(C)C(=O)CCC(=O)NCCOCCOCCOCCOCCC(=O)N[C@@H](CCC(=O)O)C(=O)N[C@H](C(=O)N[C@@H](CCCNC(N)=O)C(=O)Nc1ccc(COC(=O)C(C)C)cc1)C(C)C. The van der Waals surface area contributed by atoms with Crippen LogP contribution in [0.25, 0.3) is 0 Å². The first kappa shape index (κ1) is 59.3. The van der Waals surface area contributed by atoms with Gasteiger partial charge in [0.15, 0.2) is 0 Å². The molecular weight excluding hydrogens is 879 g/mol. The maximum atomic E-state index is 13.7. The molecule has 22 nitrogen and oxygen atoms in total. The number of ether oxygens (including phenoxy) is 5. The fourth-order valence-corrected chi connectivity index (χ4v) is 5.68. The van der Waals surface area contributed by atoms with E-state index in [1.807, 2.05) is 0 Å². The van der Waals surface area contributed by atoms with Crippen LogP contribution < -0.4 is 37.6 Å². The van der Waals surface area contributed by atoms with E-state index in [-0.39, 0.29) is 108 Å². The van der Waals surface area contributed by atoms with E-state index in [2.05, 4.69) is 31.9 Å². The Balaban J connectivity index is 2.61. The molecule has 1 rings (SSSR count). The summed E-state index contributed by atoms with van der Waals surface area (Å²) in [5.74, 6) is -5.36. The van der Waals surface area contributed by atoms with Crippen molar-refractivity contribution in [2.24, 2.45) is 23.5 Å². The predicted octanol–water partition coefficient (Wildman–Crippen LogP) is 1.33. The number of urea groups is 1. The zero-order valence-electron chi connectivity index (χ0n) is 39.7. The maximum Gasteiger partial charge on any atom is 0.312 e. The van der Waals surface area contributed by atoms with Crippen LogP contribution in [0.2, 0.25) is 0 Å². The van der Waals surface area contributed by atoms with E-state index in [4.69, 9.17) is 29.4 Å². The van der Waals surface area contributed by atoms with E-state index in [1.54, 1.807) is 65.8 Å². The molecule has 1 aromatic carbocycles. The van der Waals surface area contributed by atoms with Crippen molar-refractivity contribution in [1.29, 1.82) is 0 Å². The van der Waals surface area contributed by atoms with E-state index in [0.717, 1.165) is 0 Å². The van der Waals surface area contributed by atoms with Crippen molar-refractivity contribution in [2.45, 2.75) is 111 Å². The smallest absolute Gasteiger partial charge is 0.312 e. The highest BCUT2D eigenvalue weighted by Crippen LogP contribution is 2.14. The molecule has 0 aliphatic heterocycles. The third-order valence-corrected chi connectivity index (χ3v) is 9.62. The number of aliphatic carboxylic acids is 1. The summed E-state index contributed by atoms with van der Waals surface area (Å²) in [6, 6.07) is 2.10. The minimum Gasteiger partial charge on any atom is -0.481 e. The van der Waals surface area contributed by atoms with Crippen molar-refractivity contribution in [1.82, 2.24) is 26.6 Å². The standard InChI is InChI=1S/C45H73N7O15/c1-29(2)36(53)14-15-37(54)47-19-21-64-23-25-66-27-26-65-24-22-63-20-17-38(55)50-35(13-16-39(56)57)42(59)52-40(30(3)4)43(60)51-34(8-7-18-48-45(46)62)41(58)49-33-11-9-32(10-12-33)28-67-44(61)31(5)6/h9-12,29-31,34-35,40H,7-8,13-28H2,1-6H3,(H,47,54)(H,49,58)(H,50,55)(H,51,60)(H,52,59)(H,56,57)(H3,46,48,62)/t34-,35-,40-/m0/s1. The zero-order valence-corrected chi connectivity index (χ0v) is 39.7. The third kappa shape index (κ3) is 28.8. The van der Waals surface area contributed by atoms with E-state index >= 15 is 0 Å². The Bertz CT molecular complexity index is 1710. The largest absolute Gasteiger partial charge is 0.481 e. The molecule has 22 heteroatoms. The topological polar surface area (TPSA) is 318 Å². The van der Waals surface area contributed by atoms with Gasteiger partial charge >= 0.3 is 18.0 Å². The van der Waals surface area contributed by atoms with Crippen LogP contribution in [-0.2, 0) is 68.6 Å². The van der Waals surface area contributed by atoms with Crippen molar-refractivity contribution in [3.05, 3.63) is 29.8 Å². The van der Waals surface area contributed by atoms with Crippen LogP contribution in [0.1, 0.15) is 92.1 Å². The van der Waals surface area contributed by atoms with Gasteiger partial charge in [0, 0.05) is 50.4 Å². The maximum absolute atomic E-state index is 13.7. The summed E-state index contributed by atoms with van der Waals surface area (Å²) in [5.41, 5.74) is 6.23. The van der Waals surface area contributed by atoms with Crippen LogP contribution in [0.15, 0.2) is 24.3 Å². The molecule has 0 fully saturated rings. The quantitative estimate of drug-likeness (QED) is 0.0345. The molecule has 0 aliphatic rings. The molecule has 0 saturated carbocycles. The molecule has 0 spiro atoms. The minimum atomic E-state index is -1.32. The molecule has 0 unspecified atom stereocenters. The van der Waals surface area contributed by atoms with Crippen molar-refractivity contribution in [2.75, 3.05) is 71.3 Å². The summed E-state index contributed by atoms with van der Waals surface area (Å²) < 4.78 is 27.0. The zero-order chi connectivity index (χ0) is 50.1. The highest BCUT2D eigenvalue weighted by atomic mass is 16.6. The Labute approximate surface area is 392 Å². The first-order valence-corrected chi connectivity index (χ1v) is 22.6. The predicted molar refractivity (Wildman–Crippen MR) is 244 cm³/mol. The van der Waals surface area contributed by atoms with Gasteiger partial charge in [-0.3, -0.25) is 38.4 Å². The first-order valence-electron chi connectivity index (χ1n) is 22.6. The summed E-state index contributed by atoms with van der Waals surface area (Å²) in [6.45, 7) is 12.7. The number of nitrogens with two attached hydrogens (primary N) is 1. The number of carboxylic acid groups (broad SMARTS) is 1. The molecule has 0 bridgehead atoms. The number of hydrogen-bond donors (Lipinski definition) is 8. The Morgan fingerprint density at radius 2 is 1.16 bits per heavy atom. The number of nitrogens with one attached hydrogen (secondary N) is 6. The highest BCUT2D eigenvalue weighted by Gasteiger charge is 2.32. The average Bonchev–Trinajstić information content (AvgIpc) is 3.27. The second kappa shape index (κ2) is 34.6. The average molecular weight is 952 g/mol. The van der Waals surface area contributed by atoms with Gasteiger partial charge < -0.3 is 66.4 Å². The monoisotopic (exact) mass is 952 g/mol. The van der Waals surface area contributed by atoms with Crippen LogP contribution in [0.4, 0.5) is 10.5 Å². The van der Waals surface area contributed by atoms with Crippen molar-refractivity contribution in [3.63, 3.8) is 0 Å². The number of hydrogen-bond acceptors (Lipinski definition) is 14. The summed E-state index contributed by atoms with van der Waals surface area (Å²) >= 11 is 0. The number of Topliss-reactive ketones (excluding diaryl/α,β-unsaturated/α-hetero) is 1. The summed E-state index contributed by atoms with van der Waals surface area (Å²) in [5, 5.41) is 25.0. The molecule has 3 atom stereocenters. The summed E-state index contributed by atoms with van der Waals surface area (Å²) in [4.78, 5) is 111. The molecule has 0 radical (unpaired) electrons. The minimum absolute atomic E-state index is 0.0276. The number of carbonyl (C=O) groups excluding carboxylic acids is 8. The van der Waals surface area contributed by atoms with E-state index in [9.17, 15) is 48.3 Å². The van der Waals surface area contributed by atoms with Crippen LogP contribution >= 0.6 is 0 Å². The first-order chi connectivity index (χ1) is 31.8. The Hall–Kier alpha value is -5.71. The van der Waals surface area contributed by atoms with Crippen molar-refractivity contribution < 1.29 is 71.9 Å². The number of ketones is 1. The fourth-order valence-electron chi connectivity index (χ4n) is 5.68. The van der Waals surface area contributed by atoms with E-state index < -0.39 is 66.1 Å². The summed E-state index contributed by atoms with van der Waals surface area (Å²) in [7, 11) is 0. The molecule has 0 aliphatic carbocycles. The van der Waals surface area contributed by atoms with Crippen molar-refractivity contribution >= 4 is 59.0 Å². The third-order valence-electron chi connectivity index (χ3n) is 9.62. The van der Waals surface area contributed by atoms with E-state index in [1.165, 1.54) is 0 Å². The number of benzene rings is 1.